The third kappa shape index (κ3) is 2.99. The molecular formula is C15H11F3O2. The number of ketones is 1. The molecule has 2 aromatic rings. The Morgan fingerprint density at radius 1 is 1.05 bits per heavy atom. The van der Waals surface area contributed by atoms with Gasteiger partial charge in [-0.3, -0.25) is 4.79 Å². The van der Waals surface area contributed by atoms with Crippen molar-refractivity contribution >= 4 is 5.78 Å². The molecule has 0 bridgehead atoms. The van der Waals surface area contributed by atoms with Gasteiger partial charge in [-0.05, 0) is 31.2 Å². The zero-order valence-electron chi connectivity index (χ0n) is 10.6. The number of carbonyl (C=O) groups is 1. The molecule has 0 aliphatic carbocycles. The van der Waals surface area contributed by atoms with Crippen LogP contribution in [0, 0.1) is 17.5 Å². The van der Waals surface area contributed by atoms with Crippen molar-refractivity contribution in [3.8, 4) is 5.75 Å². The molecule has 2 rings (SSSR count). The van der Waals surface area contributed by atoms with E-state index in [2.05, 4.69) is 0 Å². The second-order valence-corrected chi connectivity index (χ2v) is 4.18. The molecule has 0 spiro atoms. The van der Waals surface area contributed by atoms with Crippen LogP contribution in [-0.4, -0.2) is 11.9 Å². The van der Waals surface area contributed by atoms with Crippen molar-refractivity contribution in [1.29, 1.82) is 0 Å². The predicted molar refractivity (Wildman–Crippen MR) is 67.2 cm³/mol. The van der Waals surface area contributed by atoms with E-state index in [1.807, 2.05) is 0 Å². The van der Waals surface area contributed by atoms with E-state index in [0.29, 0.717) is 6.07 Å². The van der Waals surface area contributed by atoms with E-state index in [0.717, 1.165) is 12.1 Å². The summed E-state index contributed by atoms with van der Waals surface area (Å²) >= 11 is 0. The molecule has 0 heterocycles. The van der Waals surface area contributed by atoms with Crippen LogP contribution in [0.1, 0.15) is 17.3 Å². The first-order valence-electron chi connectivity index (χ1n) is 5.89. The van der Waals surface area contributed by atoms with Crippen LogP contribution in [0.15, 0.2) is 42.5 Å². The van der Waals surface area contributed by atoms with Crippen LogP contribution in [-0.2, 0) is 0 Å². The Kier molecular flexibility index (Phi) is 4.08. The van der Waals surface area contributed by atoms with Gasteiger partial charge in [0.15, 0.2) is 17.7 Å². The summed E-state index contributed by atoms with van der Waals surface area (Å²) in [6, 6.07) is 8.21. The zero-order valence-corrected chi connectivity index (χ0v) is 10.6. The van der Waals surface area contributed by atoms with Gasteiger partial charge in [-0.25, -0.2) is 13.2 Å². The Hall–Kier alpha value is -2.30. The van der Waals surface area contributed by atoms with Gasteiger partial charge in [0.05, 0.1) is 5.56 Å². The molecule has 0 N–H and O–H groups in total. The Bertz CT molecular complexity index is 641. The summed E-state index contributed by atoms with van der Waals surface area (Å²) < 4.78 is 44.8. The third-order valence-electron chi connectivity index (χ3n) is 2.71. The van der Waals surface area contributed by atoms with Gasteiger partial charge < -0.3 is 4.74 Å². The lowest BCUT2D eigenvalue weighted by molar-refractivity contribution is 0.0808. The van der Waals surface area contributed by atoms with E-state index in [-0.39, 0.29) is 11.3 Å². The highest BCUT2D eigenvalue weighted by atomic mass is 19.1. The van der Waals surface area contributed by atoms with Crippen molar-refractivity contribution in [3.63, 3.8) is 0 Å². The maximum atomic E-state index is 13.5. The minimum Gasteiger partial charge on any atom is -0.479 e. The van der Waals surface area contributed by atoms with Gasteiger partial charge in [-0.1, -0.05) is 12.1 Å². The number of ether oxygens (including phenoxy) is 1. The summed E-state index contributed by atoms with van der Waals surface area (Å²) in [5.74, 6) is -3.16. The molecule has 2 nitrogen and oxygen atoms in total. The third-order valence-corrected chi connectivity index (χ3v) is 2.71. The molecule has 5 heteroatoms. The van der Waals surface area contributed by atoms with Crippen molar-refractivity contribution in [2.75, 3.05) is 0 Å². The fraction of sp³-hybridized carbons (Fsp3) is 0.133. The van der Waals surface area contributed by atoms with E-state index < -0.39 is 29.3 Å². The lowest BCUT2D eigenvalue weighted by Gasteiger charge is -2.14. The molecule has 0 aliphatic heterocycles. The normalized spacial score (nSPS) is 12.0. The van der Waals surface area contributed by atoms with Crippen molar-refractivity contribution in [2.45, 2.75) is 13.0 Å². The summed E-state index contributed by atoms with van der Waals surface area (Å²) in [6.45, 7) is 1.37. The molecule has 1 atom stereocenters. The molecule has 0 radical (unpaired) electrons. The lowest BCUT2D eigenvalue weighted by Crippen LogP contribution is -2.25. The molecule has 20 heavy (non-hydrogen) atoms. The van der Waals surface area contributed by atoms with Crippen LogP contribution in [0.4, 0.5) is 13.2 Å². The number of carbonyl (C=O) groups excluding carboxylic acids is 1. The highest BCUT2D eigenvalue weighted by Crippen LogP contribution is 2.19. The van der Waals surface area contributed by atoms with Gasteiger partial charge in [0.2, 0.25) is 5.78 Å². The molecule has 1 unspecified atom stereocenters. The Balaban J connectivity index is 2.19. The summed E-state index contributed by atoms with van der Waals surface area (Å²) in [7, 11) is 0. The fourth-order valence-electron chi connectivity index (χ4n) is 1.69. The molecule has 0 fully saturated rings. The number of hydrogen-bond donors (Lipinski definition) is 0. The number of Topliss-reactive ketones (excluding diaryl/α,β-unsaturated/α-hetero) is 1. The second kappa shape index (κ2) is 5.77. The van der Waals surface area contributed by atoms with Crippen LogP contribution < -0.4 is 4.74 Å². The van der Waals surface area contributed by atoms with Crippen LogP contribution in [0.3, 0.4) is 0 Å². The first kappa shape index (κ1) is 14.1. The summed E-state index contributed by atoms with van der Waals surface area (Å²) in [4.78, 5) is 12.0. The number of rotatable bonds is 4. The monoisotopic (exact) mass is 280 g/mol. The Morgan fingerprint density at radius 2 is 1.75 bits per heavy atom. The number of benzene rings is 2. The maximum Gasteiger partial charge on any atom is 0.205 e. The second-order valence-electron chi connectivity index (χ2n) is 4.18. The van der Waals surface area contributed by atoms with Gasteiger partial charge in [0.25, 0.3) is 0 Å². The predicted octanol–water partition coefficient (Wildman–Crippen LogP) is 3.75. The minimum absolute atomic E-state index is 0.101. The highest BCUT2D eigenvalue weighted by Gasteiger charge is 2.21. The van der Waals surface area contributed by atoms with Crippen molar-refractivity contribution in [2.24, 2.45) is 0 Å². The van der Waals surface area contributed by atoms with E-state index in [1.165, 1.54) is 25.1 Å². The Labute approximate surface area is 113 Å². The molecule has 0 amide bonds. The molecule has 104 valence electrons. The first-order chi connectivity index (χ1) is 9.49. The number of para-hydroxylation sites is 1. The van der Waals surface area contributed by atoms with Crippen molar-refractivity contribution in [1.82, 2.24) is 0 Å². The lowest BCUT2D eigenvalue weighted by atomic mass is 10.1. The summed E-state index contributed by atoms with van der Waals surface area (Å²) in [5.41, 5.74) is -0.296. The van der Waals surface area contributed by atoms with E-state index in [1.54, 1.807) is 6.07 Å². The molecule has 2 aromatic carbocycles. The van der Waals surface area contributed by atoms with Crippen LogP contribution in [0.5, 0.6) is 5.75 Å². The topological polar surface area (TPSA) is 26.3 Å². The van der Waals surface area contributed by atoms with Gasteiger partial charge in [0, 0.05) is 6.07 Å². The maximum absolute atomic E-state index is 13.5. The SMILES string of the molecule is CC(Oc1ccccc1F)C(=O)c1ccc(F)cc1F. The average Bonchev–Trinajstić information content (AvgIpc) is 2.40. The van der Waals surface area contributed by atoms with E-state index in [4.69, 9.17) is 4.74 Å². The zero-order chi connectivity index (χ0) is 14.7. The van der Waals surface area contributed by atoms with E-state index >= 15 is 0 Å². The van der Waals surface area contributed by atoms with Crippen molar-refractivity contribution < 1.29 is 22.7 Å². The molecular weight excluding hydrogens is 269 g/mol. The molecule has 0 aliphatic rings. The van der Waals surface area contributed by atoms with Gasteiger partial charge in [-0.15, -0.1) is 0 Å². The number of halogens is 3. The fourth-order valence-corrected chi connectivity index (χ4v) is 1.69. The smallest absolute Gasteiger partial charge is 0.205 e. The highest BCUT2D eigenvalue weighted by molar-refractivity contribution is 5.99. The van der Waals surface area contributed by atoms with Gasteiger partial charge >= 0.3 is 0 Å². The van der Waals surface area contributed by atoms with Gasteiger partial charge in [-0.2, -0.15) is 0 Å². The van der Waals surface area contributed by atoms with E-state index in [9.17, 15) is 18.0 Å². The van der Waals surface area contributed by atoms with Crippen LogP contribution in [0.25, 0.3) is 0 Å². The van der Waals surface area contributed by atoms with Gasteiger partial charge in [0.1, 0.15) is 11.6 Å². The Morgan fingerprint density at radius 3 is 2.40 bits per heavy atom. The quantitative estimate of drug-likeness (QED) is 0.797. The summed E-state index contributed by atoms with van der Waals surface area (Å²) in [5, 5.41) is 0. The molecule has 0 saturated heterocycles. The minimum atomic E-state index is -1.09. The summed E-state index contributed by atoms with van der Waals surface area (Å²) in [6.07, 6.45) is -1.09. The number of hydrogen-bond acceptors (Lipinski definition) is 2. The van der Waals surface area contributed by atoms with Crippen molar-refractivity contribution in [3.05, 3.63) is 65.5 Å². The molecule has 0 aromatic heterocycles. The van der Waals surface area contributed by atoms with Crippen LogP contribution >= 0.6 is 0 Å². The standard InChI is InChI=1S/C15H11F3O2/c1-9(20-14-5-3-2-4-12(14)17)15(19)11-7-6-10(16)8-13(11)18/h2-9H,1H3. The van der Waals surface area contributed by atoms with Crippen LogP contribution in [0.2, 0.25) is 0 Å². The average molecular weight is 280 g/mol. The first-order valence-corrected chi connectivity index (χ1v) is 5.89. The molecule has 0 saturated carbocycles. The largest absolute Gasteiger partial charge is 0.479 e.